The van der Waals surface area contributed by atoms with E-state index in [1.807, 2.05) is 6.08 Å². The molecule has 0 radical (unpaired) electrons. The smallest absolute Gasteiger partial charge is 0.121 e. The zero-order chi connectivity index (χ0) is 9.80. The van der Waals surface area contributed by atoms with E-state index in [0.717, 1.165) is 44.7 Å². The summed E-state index contributed by atoms with van der Waals surface area (Å²) in [5.41, 5.74) is 0. The normalized spacial score (nSPS) is 29.5. The van der Waals surface area contributed by atoms with Gasteiger partial charge in [-0.2, -0.15) is 0 Å². The van der Waals surface area contributed by atoms with Crippen LogP contribution >= 0.6 is 0 Å². The van der Waals surface area contributed by atoms with E-state index in [0.29, 0.717) is 6.42 Å². The van der Waals surface area contributed by atoms with Gasteiger partial charge in [0.25, 0.3) is 0 Å². The van der Waals surface area contributed by atoms with Crippen LogP contribution in [0.25, 0.3) is 0 Å². The monoisotopic (exact) mass is 198 g/mol. The highest BCUT2D eigenvalue weighted by atomic mass is 16.5. The van der Waals surface area contributed by atoms with Crippen molar-refractivity contribution in [3.8, 4) is 0 Å². The molecule has 80 valence electrons. The second-order valence-electron chi connectivity index (χ2n) is 3.98. The van der Waals surface area contributed by atoms with Crippen molar-refractivity contribution in [2.75, 3.05) is 13.2 Å². The van der Waals surface area contributed by atoms with E-state index < -0.39 is 6.10 Å². The van der Waals surface area contributed by atoms with E-state index in [9.17, 15) is 5.11 Å². The van der Waals surface area contributed by atoms with Crippen molar-refractivity contribution in [3.63, 3.8) is 0 Å². The third-order valence-electron chi connectivity index (χ3n) is 2.80. The van der Waals surface area contributed by atoms with Gasteiger partial charge >= 0.3 is 0 Å². The summed E-state index contributed by atoms with van der Waals surface area (Å²) < 4.78 is 10.9. The Morgan fingerprint density at radius 2 is 2.36 bits per heavy atom. The van der Waals surface area contributed by atoms with Crippen LogP contribution < -0.4 is 0 Å². The number of hydrogen-bond acceptors (Lipinski definition) is 3. The molecule has 1 saturated heterocycles. The largest absolute Gasteiger partial charge is 0.496 e. The van der Waals surface area contributed by atoms with Crippen LogP contribution in [0.4, 0.5) is 0 Å². The Balaban J connectivity index is 1.81. The number of aliphatic hydroxyl groups excluding tert-OH is 1. The summed E-state index contributed by atoms with van der Waals surface area (Å²) >= 11 is 0. The van der Waals surface area contributed by atoms with Gasteiger partial charge in [-0.15, -0.1) is 0 Å². The van der Waals surface area contributed by atoms with Crippen molar-refractivity contribution >= 4 is 0 Å². The number of allylic oxidation sites excluding steroid dienone is 1. The summed E-state index contributed by atoms with van der Waals surface area (Å²) in [4.78, 5) is 0. The zero-order valence-electron chi connectivity index (χ0n) is 8.45. The van der Waals surface area contributed by atoms with Crippen LogP contribution in [-0.4, -0.2) is 30.5 Å². The highest BCUT2D eigenvalue weighted by molar-refractivity contribution is 5.02. The Labute approximate surface area is 84.7 Å². The molecule has 0 aromatic rings. The summed E-state index contributed by atoms with van der Waals surface area (Å²) in [6.45, 7) is 1.59. The van der Waals surface area contributed by atoms with Crippen molar-refractivity contribution in [2.24, 2.45) is 0 Å². The summed E-state index contributed by atoms with van der Waals surface area (Å²) in [7, 11) is 0. The molecule has 0 spiro atoms. The number of ether oxygens (including phenoxy) is 2. The maximum atomic E-state index is 9.86. The molecule has 3 nitrogen and oxygen atoms in total. The summed E-state index contributed by atoms with van der Waals surface area (Å²) in [6.07, 6.45) is 6.75. The fraction of sp³-hybridized carbons (Fsp3) is 0.818. The highest BCUT2D eigenvalue weighted by Gasteiger charge is 2.23. The maximum Gasteiger partial charge on any atom is 0.121 e. The lowest BCUT2D eigenvalue weighted by atomic mass is 10.1. The van der Waals surface area contributed by atoms with E-state index in [2.05, 4.69) is 0 Å². The molecule has 2 unspecified atom stereocenters. The van der Waals surface area contributed by atoms with E-state index in [-0.39, 0.29) is 6.10 Å². The first-order valence-electron chi connectivity index (χ1n) is 5.49. The molecule has 1 fully saturated rings. The van der Waals surface area contributed by atoms with Gasteiger partial charge in [-0.3, -0.25) is 0 Å². The topological polar surface area (TPSA) is 38.7 Å². The fourth-order valence-corrected chi connectivity index (χ4v) is 2.00. The highest BCUT2D eigenvalue weighted by Crippen LogP contribution is 2.22. The van der Waals surface area contributed by atoms with Gasteiger partial charge in [-0.05, 0) is 31.8 Å². The SMILES string of the molecule is OC(CC1CCCO1)C1=CCCCO1. The maximum absolute atomic E-state index is 9.86. The fourth-order valence-electron chi connectivity index (χ4n) is 2.00. The van der Waals surface area contributed by atoms with Crippen LogP contribution in [0.15, 0.2) is 11.8 Å². The van der Waals surface area contributed by atoms with Gasteiger partial charge in [0, 0.05) is 13.0 Å². The zero-order valence-corrected chi connectivity index (χ0v) is 8.45. The Bertz CT molecular complexity index is 207. The van der Waals surface area contributed by atoms with Crippen molar-refractivity contribution < 1.29 is 14.6 Å². The molecular weight excluding hydrogens is 180 g/mol. The van der Waals surface area contributed by atoms with Gasteiger partial charge < -0.3 is 14.6 Å². The van der Waals surface area contributed by atoms with Gasteiger partial charge in [0.2, 0.25) is 0 Å². The Morgan fingerprint density at radius 3 is 3.00 bits per heavy atom. The van der Waals surface area contributed by atoms with Gasteiger partial charge in [0.05, 0.1) is 12.7 Å². The average Bonchev–Trinajstić information content (AvgIpc) is 2.72. The molecule has 0 amide bonds. The molecule has 0 aliphatic carbocycles. The van der Waals surface area contributed by atoms with Crippen LogP contribution in [0.1, 0.15) is 32.1 Å². The predicted octanol–water partition coefficient (Wildman–Crippen LogP) is 1.61. The average molecular weight is 198 g/mol. The second kappa shape index (κ2) is 4.80. The third-order valence-corrected chi connectivity index (χ3v) is 2.80. The van der Waals surface area contributed by atoms with E-state index in [4.69, 9.17) is 9.47 Å². The minimum Gasteiger partial charge on any atom is -0.496 e. The van der Waals surface area contributed by atoms with Crippen LogP contribution in [-0.2, 0) is 9.47 Å². The molecule has 14 heavy (non-hydrogen) atoms. The molecule has 0 bridgehead atoms. The number of hydrogen-bond donors (Lipinski definition) is 1. The van der Waals surface area contributed by atoms with Gasteiger partial charge in [-0.25, -0.2) is 0 Å². The van der Waals surface area contributed by atoms with Crippen molar-refractivity contribution in [2.45, 2.75) is 44.3 Å². The van der Waals surface area contributed by atoms with Gasteiger partial charge in [0.15, 0.2) is 0 Å². The van der Waals surface area contributed by atoms with E-state index in [1.54, 1.807) is 0 Å². The number of aliphatic hydroxyl groups is 1. The Hall–Kier alpha value is -0.540. The predicted molar refractivity (Wildman–Crippen MR) is 52.9 cm³/mol. The quantitative estimate of drug-likeness (QED) is 0.748. The lowest BCUT2D eigenvalue weighted by molar-refractivity contribution is 0.0341. The van der Waals surface area contributed by atoms with Crippen molar-refractivity contribution in [1.82, 2.24) is 0 Å². The van der Waals surface area contributed by atoms with Crippen LogP contribution in [0.3, 0.4) is 0 Å². The number of rotatable bonds is 3. The first-order valence-corrected chi connectivity index (χ1v) is 5.49. The second-order valence-corrected chi connectivity index (χ2v) is 3.98. The first-order chi connectivity index (χ1) is 6.86. The van der Waals surface area contributed by atoms with Crippen molar-refractivity contribution in [1.29, 1.82) is 0 Å². The first kappa shape index (κ1) is 9.99. The molecule has 0 aromatic carbocycles. The van der Waals surface area contributed by atoms with Gasteiger partial charge in [-0.1, -0.05) is 0 Å². The third kappa shape index (κ3) is 2.49. The van der Waals surface area contributed by atoms with Crippen LogP contribution in [0.5, 0.6) is 0 Å². The molecule has 2 rings (SSSR count). The van der Waals surface area contributed by atoms with E-state index >= 15 is 0 Å². The molecular formula is C11H18O3. The summed E-state index contributed by atoms with van der Waals surface area (Å²) in [5, 5.41) is 9.86. The lowest BCUT2D eigenvalue weighted by Crippen LogP contribution is -2.22. The minimum absolute atomic E-state index is 0.233. The lowest BCUT2D eigenvalue weighted by Gasteiger charge is -2.21. The van der Waals surface area contributed by atoms with Gasteiger partial charge in [0.1, 0.15) is 11.9 Å². The molecule has 0 saturated carbocycles. The molecule has 2 aliphatic rings. The molecule has 2 aliphatic heterocycles. The van der Waals surface area contributed by atoms with E-state index in [1.165, 1.54) is 0 Å². The van der Waals surface area contributed by atoms with Crippen molar-refractivity contribution in [3.05, 3.63) is 11.8 Å². The van der Waals surface area contributed by atoms with Crippen LogP contribution in [0, 0.1) is 0 Å². The summed E-state index contributed by atoms with van der Waals surface area (Å²) in [6, 6.07) is 0. The standard InChI is InChI=1S/C11H18O3/c12-10(8-9-4-3-7-13-9)11-5-1-2-6-14-11/h5,9-10,12H,1-4,6-8H2. The Morgan fingerprint density at radius 1 is 1.43 bits per heavy atom. The molecule has 3 heteroatoms. The van der Waals surface area contributed by atoms with Crippen LogP contribution in [0.2, 0.25) is 0 Å². The Kier molecular flexibility index (Phi) is 3.43. The summed E-state index contributed by atoms with van der Waals surface area (Å²) in [5.74, 6) is 0.756. The molecule has 0 aromatic heterocycles. The molecule has 2 atom stereocenters. The molecule has 1 N–H and O–H groups in total. The molecule has 2 heterocycles. The minimum atomic E-state index is -0.460.